The fourth-order valence-electron chi connectivity index (χ4n) is 3.90. The van der Waals surface area contributed by atoms with Crippen LogP contribution in [-0.2, 0) is 24.2 Å². The van der Waals surface area contributed by atoms with Gasteiger partial charge in [0.1, 0.15) is 5.00 Å². The number of fused-ring (bicyclic) bond motifs is 1. The van der Waals surface area contributed by atoms with Gasteiger partial charge in [-0.3, -0.25) is 4.79 Å². The van der Waals surface area contributed by atoms with Crippen LogP contribution in [-0.4, -0.2) is 36.9 Å². The fraction of sp³-hybridized carbons (Fsp3) is 0.269. The van der Waals surface area contributed by atoms with Crippen LogP contribution in [0.3, 0.4) is 0 Å². The predicted octanol–water partition coefficient (Wildman–Crippen LogP) is 4.78. The Kier molecular flexibility index (Phi) is 7.59. The van der Waals surface area contributed by atoms with Gasteiger partial charge in [0.25, 0.3) is 5.91 Å². The van der Waals surface area contributed by atoms with Gasteiger partial charge in [-0.25, -0.2) is 9.79 Å². The summed E-state index contributed by atoms with van der Waals surface area (Å²) in [6.07, 6.45) is 5.74. The molecular weight excluding hydrogens is 452 g/mol. The molecule has 176 valence electrons. The van der Waals surface area contributed by atoms with E-state index < -0.39 is 12.6 Å². The first-order chi connectivity index (χ1) is 16.5. The van der Waals surface area contributed by atoms with Crippen LogP contribution < -0.4 is 14.8 Å². The Bertz CT molecular complexity index is 1200. The number of aliphatic carboxylic acids is 1. The molecule has 1 aromatic heterocycles. The molecule has 8 heteroatoms. The van der Waals surface area contributed by atoms with Crippen LogP contribution in [0.4, 0.5) is 5.00 Å². The number of nitrogens with zero attached hydrogens (tertiary/aromatic N) is 1. The molecule has 1 aliphatic carbocycles. The summed E-state index contributed by atoms with van der Waals surface area (Å²) in [5, 5.41) is 12.6. The average molecular weight is 479 g/mol. The molecule has 0 unspecified atom stereocenters. The molecule has 1 amide bonds. The summed E-state index contributed by atoms with van der Waals surface area (Å²) in [5.74, 6) is -0.413. The van der Waals surface area contributed by atoms with Crippen LogP contribution in [0.5, 0.6) is 11.5 Å². The van der Waals surface area contributed by atoms with Crippen molar-refractivity contribution in [1.82, 2.24) is 5.32 Å². The highest BCUT2D eigenvalue weighted by Gasteiger charge is 2.25. The minimum absolute atomic E-state index is 0.106. The SMILES string of the molecule is COc1cc(C=Nc2sc3c(c2C(=O)NCc2ccccc2)CCCC3)ccc1OCC(=O)O. The zero-order valence-corrected chi connectivity index (χ0v) is 19.7. The van der Waals surface area contributed by atoms with Gasteiger partial charge in [0.05, 0.1) is 12.7 Å². The third-order valence-electron chi connectivity index (χ3n) is 5.55. The summed E-state index contributed by atoms with van der Waals surface area (Å²) in [4.78, 5) is 29.9. The number of hydrogen-bond donors (Lipinski definition) is 2. The van der Waals surface area contributed by atoms with E-state index in [9.17, 15) is 9.59 Å². The maximum atomic E-state index is 13.2. The number of thiophene rings is 1. The van der Waals surface area contributed by atoms with Gasteiger partial charge in [-0.15, -0.1) is 11.3 Å². The molecule has 7 nitrogen and oxygen atoms in total. The molecule has 0 saturated carbocycles. The molecule has 0 aliphatic heterocycles. The lowest BCUT2D eigenvalue weighted by molar-refractivity contribution is -0.139. The Morgan fingerprint density at radius 2 is 1.91 bits per heavy atom. The van der Waals surface area contributed by atoms with Crippen molar-refractivity contribution in [3.05, 3.63) is 75.7 Å². The van der Waals surface area contributed by atoms with Crippen molar-refractivity contribution >= 4 is 34.4 Å². The number of nitrogens with one attached hydrogen (secondary N) is 1. The monoisotopic (exact) mass is 478 g/mol. The van der Waals surface area contributed by atoms with E-state index in [0.717, 1.165) is 42.4 Å². The van der Waals surface area contributed by atoms with E-state index in [4.69, 9.17) is 14.6 Å². The molecule has 0 fully saturated rings. The van der Waals surface area contributed by atoms with Crippen LogP contribution in [0.25, 0.3) is 0 Å². The number of aryl methyl sites for hydroxylation is 1. The van der Waals surface area contributed by atoms with Gasteiger partial charge in [-0.1, -0.05) is 30.3 Å². The first-order valence-electron chi connectivity index (χ1n) is 11.1. The molecule has 0 atom stereocenters. The number of hydrogen-bond acceptors (Lipinski definition) is 6. The van der Waals surface area contributed by atoms with Crippen molar-refractivity contribution in [1.29, 1.82) is 0 Å². The van der Waals surface area contributed by atoms with Gasteiger partial charge in [0.15, 0.2) is 18.1 Å². The highest BCUT2D eigenvalue weighted by atomic mass is 32.1. The van der Waals surface area contributed by atoms with Gasteiger partial charge in [-0.05, 0) is 60.6 Å². The normalized spacial score (nSPS) is 12.9. The fourth-order valence-corrected chi connectivity index (χ4v) is 5.13. The number of carbonyl (C=O) groups is 2. The van der Waals surface area contributed by atoms with Crippen molar-refractivity contribution in [3.63, 3.8) is 0 Å². The molecule has 2 N–H and O–H groups in total. The van der Waals surface area contributed by atoms with Crippen LogP contribution in [0.1, 0.15) is 44.8 Å². The summed E-state index contributed by atoms with van der Waals surface area (Å²) >= 11 is 1.58. The van der Waals surface area contributed by atoms with E-state index in [-0.39, 0.29) is 5.91 Å². The van der Waals surface area contributed by atoms with E-state index in [0.29, 0.717) is 28.6 Å². The zero-order valence-electron chi connectivity index (χ0n) is 18.9. The summed E-state index contributed by atoms with van der Waals surface area (Å²) < 4.78 is 10.6. The Morgan fingerprint density at radius 3 is 2.68 bits per heavy atom. The van der Waals surface area contributed by atoms with Crippen LogP contribution in [0.2, 0.25) is 0 Å². The highest BCUT2D eigenvalue weighted by molar-refractivity contribution is 7.16. The minimum Gasteiger partial charge on any atom is -0.493 e. The molecule has 0 radical (unpaired) electrons. The molecule has 3 aromatic rings. The number of methoxy groups -OCH3 is 1. The molecule has 4 rings (SSSR count). The minimum atomic E-state index is -1.06. The lowest BCUT2D eigenvalue weighted by Crippen LogP contribution is -2.24. The molecule has 1 heterocycles. The van der Waals surface area contributed by atoms with Crippen molar-refractivity contribution in [2.45, 2.75) is 32.2 Å². The van der Waals surface area contributed by atoms with Crippen molar-refractivity contribution in [2.24, 2.45) is 4.99 Å². The van der Waals surface area contributed by atoms with Crippen molar-refractivity contribution in [2.75, 3.05) is 13.7 Å². The zero-order chi connectivity index (χ0) is 23.9. The first kappa shape index (κ1) is 23.5. The molecular formula is C26H26N2O5S. The smallest absolute Gasteiger partial charge is 0.341 e. The molecule has 1 aliphatic rings. The molecule has 0 spiro atoms. The second-order valence-corrected chi connectivity index (χ2v) is 8.99. The topological polar surface area (TPSA) is 97.2 Å². The van der Waals surface area contributed by atoms with Crippen LogP contribution >= 0.6 is 11.3 Å². The van der Waals surface area contributed by atoms with Crippen LogP contribution in [0.15, 0.2) is 53.5 Å². The molecule has 0 bridgehead atoms. The van der Waals surface area contributed by atoms with Gasteiger partial charge in [-0.2, -0.15) is 0 Å². The lowest BCUT2D eigenvalue weighted by Gasteiger charge is -2.13. The number of carboxylic acids is 1. The Morgan fingerprint density at radius 1 is 1.12 bits per heavy atom. The first-order valence-corrected chi connectivity index (χ1v) is 11.9. The molecule has 2 aromatic carbocycles. The lowest BCUT2D eigenvalue weighted by atomic mass is 9.95. The Labute approximate surface area is 202 Å². The van der Waals surface area contributed by atoms with Crippen LogP contribution in [0, 0.1) is 0 Å². The number of ether oxygens (including phenoxy) is 2. The van der Waals surface area contributed by atoms with E-state index in [2.05, 4.69) is 10.3 Å². The summed E-state index contributed by atoms with van der Waals surface area (Å²) in [5.41, 5.74) is 3.58. The summed E-state index contributed by atoms with van der Waals surface area (Å²) in [7, 11) is 1.49. The van der Waals surface area contributed by atoms with Gasteiger partial charge in [0.2, 0.25) is 0 Å². The van der Waals surface area contributed by atoms with E-state index in [1.165, 1.54) is 12.0 Å². The van der Waals surface area contributed by atoms with Crippen molar-refractivity contribution < 1.29 is 24.2 Å². The quantitative estimate of drug-likeness (QED) is 0.432. The number of rotatable bonds is 9. The number of benzene rings is 2. The second-order valence-electron chi connectivity index (χ2n) is 7.91. The van der Waals surface area contributed by atoms with Gasteiger partial charge >= 0.3 is 5.97 Å². The predicted molar refractivity (Wildman–Crippen MR) is 132 cm³/mol. The van der Waals surface area contributed by atoms with Crippen molar-refractivity contribution in [3.8, 4) is 11.5 Å². The number of carboxylic acid groups (broad SMARTS) is 1. The summed E-state index contributed by atoms with van der Waals surface area (Å²) in [6.45, 7) is 0.00838. The number of amides is 1. The average Bonchev–Trinajstić information content (AvgIpc) is 3.24. The van der Waals surface area contributed by atoms with E-state index in [1.807, 2.05) is 30.3 Å². The Balaban J connectivity index is 1.57. The highest BCUT2D eigenvalue weighted by Crippen LogP contribution is 2.40. The standard InChI is InChI=1S/C26H26N2O5S/c1-32-21-13-18(11-12-20(21)33-16-23(29)30)15-28-26-24(19-9-5-6-10-22(19)34-26)25(31)27-14-17-7-3-2-4-8-17/h2-4,7-8,11-13,15H,5-6,9-10,14,16H2,1H3,(H,27,31)(H,29,30). The Hall–Kier alpha value is -3.65. The molecule has 34 heavy (non-hydrogen) atoms. The van der Waals surface area contributed by atoms with Gasteiger partial charge < -0.3 is 19.9 Å². The van der Waals surface area contributed by atoms with Gasteiger partial charge in [0, 0.05) is 17.6 Å². The third kappa shape index (κ3) is 5.63. The van der Waals surface area contributed by atoms with E-state index >= 15 is 0 Å². The maximum Gasteiger partial charge on any atom is 0.341 e. The third-order valence-corrected chi connectivity index (χ3v) is 6.75. The summed E-state index contributed by atoms with van der Waals surface area (Å²) in [6, 6.07) is 15.0. The number of aliphatic imine (C=N–C) groups is 1. The maximum absolute atomic E-state index is 13.2. The largest absolute Gasteiger partial charge is 0.493 e. The second kappa shape index (κ2) is 11.0. The number of carbonyl (C=O) groups excluding carboxylic acids is 1. The molecule has 0 saturated heterocycles. The van der Waals surface area contributed by atoms with E-state index in [1.54, 1.807) is 35.8 Å².